The molecule has 0 bridgehead atoms. The largest absolute Gasteiger partial charge is 0.229 e. The lowest BCUT2D eigenvalue weighted by Gasteiger charge is -2.00. The minimum Gasteiger partial charge on any atom is -0.229 e. The SMILES string of the molecule is CS(=O)(=O)Cc1ccc(Br)c(F)c1. The van der Waals surface area contributed by atoms with Crippen molar-refractivity contribution in [3.8, 4) is 0 Å². The molecule has 0 unspecified atom stereocenters. The monoisotopic (exact) mass is 266 g/mol. The maximum absolute atomic E-state index is 12.9. The van der Waals surface area contributed by atoms with Crippen molar-refractivity contribution < 1.29 is 12.8 Å². The van der Waals surface area contributed by atoms with E-state index < -0.39 is 15.7 Å². The molecule has 1 rings (SSSR count). The van der Waals surface area contributed by atoms with Crippen LogP contribution in [0.15, 0.2) is 22.7 Å². The number of sulfone groups is 1. The molecule has 0 heterocycles. The summed E-state index contributed by atoms with van der Waals surface area (Å²) in [5.74, 6) is -0.571. The molecule has 0 saturated carbocycles. The Morgan fingerprint density at radius 2 is 2.08 bits per heavy atom. The Morgan fingerprint density at radius 3 is 2.54 bits per heavy atom. The molecule has 0 aromatic heterocycles. The van der Waals surface area contributed by atoms with Gasteiger partial charge in [-0.3, -0.25) is 0 Å². The third-order valence-electron chi connectivity index (χ3n) is 1.41. The standard InChI is InChI=1S/C8H8BrFO2S/c1-13(11,12)5-6-2-3-7(9)8(10)4-6/h2-4H,5H2,1H3. The van der Waals surface area contributed by atoms with Crippen LogP contribution in [0.3, 0.4) is 0 Å². The highest BCUT2D eigenvalue weighted by Gasteiger charge is 2.06. The molecule has 1 aromatic rings. The van der Waals surface area contributed by atoms with Crippen LogP contribution in [0.2, 0.25) is 0 Å². The van der Waals surface area contributed by atoms with Crippen molar-refractivity contribution in [3.63, 3.8) is 0 Å². The van der Waals surface area contributed by atoms with Crippen molar-refractivity contribution >= 4 is 25.8 Å². The van der Waals surface area contributed by atoms with Gasteiger partial charge in [0.15, 0.2) is 9.84 Å². The van der Waals surface area contributed by atoms with E-state index in [-0.39, 0.29) is 5.75 Å². The second-order valence-corrected chi connectivity index (χ2v) is 5.81. The molecule has 72 valence electrons. The van der Waals surface area contributed by atoms with E-state index in [4.69, 9.17) is 0 Å². The average Bonchev–Trinajstić information content (AvgIpc) is 1.94. The van der Waals surface area contributed by atoms with E-state index >= 15 is 0 Å². The summed E-state index contributed by atoms with van der Waals surface area (Å²) < 4.78 is 35.0. The minimum atomic E-state index is -3.09. The first-order valence-corrected chi connectivity index (χ1v) is 6.35. The molecule has 0 spiro atoms. The fraction of sp³-hybridized carbons (Fsp3) is 0.250. The normalized spacial score (nSPS) is 11.6. The van der Waals surface area contributed by atoms with Gasteiger partial charge in [-0.05, 0) is 33.6 Å². The van der Waals surface area contributed by atoms with Crippen molar-refractivity contribution in [3.05, 3.63) is 34.1 Å². The molecular weight excluding hydrogens is 259 g/mol. The van der Waals surface area contributed by atoms with Gasteiger partial charge in [-0.25, -0.2) is 12.8 Å². The fourth-order valence-corrected chi connectivity index (χ4v) is 1.96. The summed E-state index contributed by atoms with van der Waals surface area (Å²) in [7, 11) is -3.09. The predicted octanol–water partition coefficient (Wildman–Crippen LogP) is 2.13. The van der Waals surface area contributed by atoms with Crippen molar-refractivity contribution in [2.75, 3.05) is 6.26 Å². The Bertz CT molecular complexity index is 414. The highest BCUT2D eigenvalue weighted by molar-refractivity contribution is 9.10. The smallest absolute Gasteiger partial charge is 0.151 e. The van der Waals surface area contributed by atoms with E-state index in [1.807, 2.05) is 0 Å². The Balaban J connectivity index is 2.99. The second kappa shape index (κ2) is 3.75. The fourth-order valence-electron chi connectivity index (χ4n) is 0.932. The van der Waals surface area contributed by atoms with Gasteiger partial charge in [0.1, 0.15) is 5.82 Å². The van der Waals surface area contributed by atoms with E-state index in [0.29, 0.717) is 10.0 Å². The summed E-state index contributed by atoms with van der Waals surface area (Å²) in [5, 5.41) is 0. The van der Waals surface area contributed by atoms with Gasteiger partial charge in [-0.1, -0.05) is 6.07 Å². The molecule has 0 radical (unpaired) electrons. The maximum atomic E-state index is 12.9. The number of benzene rings is 1. The first kappa shape index (κ1) is 10.7. The molecule has 0 aliphatic carbocycles. The molecule has 1 aromatic carbocycles. The Hall–Kier alpha value is -0.420. The molecule has 0 aliphatic heterocycles. The van der Waals surface area contributed by atoms with Crippen LogP contribution in [0.4, 0.5) is 4.39 Å². The topological polar surface area (TPSA) is 34.1 Å². The lowest BCUT2D eigenvalue weighted by atomic mass is 10.2. The minimum absolute atomic E-state index is 0.128. The number of halogens is 2. The van der Waals surface area contributed by atoms with E-state index in [1.54, 1.807) is 6.07 Å². The van der Waals surface area contributed by atoms with Gasteiger partial charge in [0, 0.05) is 6.26 Å². The van der Waals surface area contributed by atoms with Gasteiger partial charge >= 0.3 is 0 Å². The third kappa shape index (κ3) is 3.44. The second-order valence-electron chi connectivity index (χ2n) is 2.82. The lowest BCUT2D eigenvalue weighted by Crippen LogP contribution is -2.00. The molecule has 0 fully saturated rings. The van der Waals surface area contributed by atoms with Crippen molar-refractivity contribution in [1.29, 1.82) is 0 Å². The van der Waals surface area contributed by atoms with Crippen LogP contribution >= 0.6 is 15.9 Å². The molecule has 0 saturated heterocycles. The van der Waals surface area contributed by atoms with Gasteiger partial charge in [0.05, 0.1) is 10.2 Å². The molecule has 0 amide bonds. The number of hydrogen-bond acceptors (Lipinski definition) is 2. The van der Waals surface area contributed by atoms with Gasteiger partial charge in [-0.15, -0.1) is 0 Å². The Morgan fingerprint density at radius 1 is 1.46 bits per heavy atom. The average molecular weight is 267 g/mol. The van der Waals surface area contributed by atoms with Crippen molar-refractivity contribution in [1.82, 2.24) is 0 Å². The molecule has 0 atom stereocenters. The van der Waals surface area contributed by atoms with Gasteiger partial charge in [0.2, 0.25) is 0 Å². The van der Waals surface area contributed by atoms with Crippen LogP contribution < -0.4 is 0 Å². The molecule has 0 N–H and O–H groups in total. The van der Waals surface area contributed by atoms with Crippen LogP contribution in [0.25, 0.3) is 0 Å². The van der Waals surface area contributed by atoms with Crippen LogP contribution in [0, 0.1) is 5.82 Å². The van der Waals surface area contributed by atoms with E-state index in [2.05, 4.69) is 15.9 Å². The highest BCUT2D eigenvalue weighted by atomic mass is 79.9. The lowest BCUT2D eigenvalue weighted by molar-refractivity contribution is 0.600. The first-order valence-electron chi connectivity index (χ1n) is 3.50. The summed E-state index contributed by atoms with van der Waals surface area (Å²) in [5.41, 5.74) is 0.461. The zero-order chi connectivity index (χ0) is 10.1. The van der Waals surface area contributed by atoms with Gasteiger partial charge < -0.3 is 0 Å². The van der Waals surface area contributed by atoms with E-state index in [1.165, 1.54) is 12.1 Å². The predicted molar refractivity (Wildman–Crippen MR) is 52.6 cm³/mol. The number of rotatable bonds is 2. The third-order valence-corrected chi connectivity index (χ3v) is 2.91. The summed E-state index contributed by atoms with van der Waals surface area (Å²) in [6.07, 6.45) is 1.12. The molecule has 2 nitrogen and oxygen atoms in total. The Labute approximate surface area is 84.8 Å². The molecule has 0 aliphatic rings. The zero-order valence-electron chi connectivity index (χ0n) is 6.92. The number of hydrogen-bond donors (Lipinski definition) is 0. The van der Waals surface area contributed by atoms with E-state index in [0.717, 1.165) is 6.26 Å². The molecular formula is C8H8BrFO2S. The van der Waals surface area contributed by atoms with Crippen molar-refractivity contribution in [2.45, 2.75) is 5.75 Å². The summed E-state index contributed by atoms with van der Waals surface area (Å²) in [6.45, 7) is 0. The summed E-state index contributed by atoms with van der Waals surface area (Å²) >= 11 is 2.98. The van der Waals surface area contributed by atoms with Gasteiger partial charge in [0.25, 0.3) is 0 Å². The Kier molecular flexibility index (Phi) is 3.08. The van der Waals surface area contributed by atoms with Crippen LogP contribution in [-0.2, 0) is 15.6 Å². The summed E-state index contributed by atoms with van der Waals surface area (Å²) in [4.78, 5) is 0. The highest BCUT2D eigenvalue weighted by Crippen LogP contribution is 2.17. The van der Waals surface area contributed by atoms with Gasteiger partial charge in [-0.2, -0.15) is 0 Å². The van der Waals surface area contributed by atoms with Crippen LogP contribution in [0.1, 0.15) is 5.56 Å². The first-order chi connectivity index (χ1) is 5.88. The maximum Gasteiger partial charge on any atom is 0.151 e. The van der Waals surface area contributed by atoms with Crippen LogP contribution in [0.5, 0.6) is 0 Å². The zero-order valence-corrected chi connectivity index (χ0v) is 9.32. The molecule has 13 heavy (non-hydrogen) atoms. The van der Waals surface area contributed by atoms with E-state index in [9.17, 15) is 12.8 Å². The van der Waals surface area contributed by atoms with Crippen molar-refractivity contribution in [2.24, 2.45) is 0 Å². The molecule has 5 heteroatoms. The summed E-state index contributed by atoms with van der Waals surface area (Å²) in [6, 6.07) is 4.29. The van der Waals surface area contributed by atoms with Crippen LogP contribution in [-0.4, -0.2) is 14.7 Å². The quantitative estimate of drug-likeness (QED) is 0.822.